The molecule has 1 aliphatic rings. The van der Waals surface area contributed by atoms with Crippen LogP contribution in [0.15, 0.2) is 18.2 Å². The monoisotopic (exact) mass is 265 g/mol. The minimum absolute atomic E-state index is 0.0827. The maximum absolute atomic E-state index is 6.62. The highest BCUT2D eigenvalue weighted by Crippen LogP contribution is 2.41. The van der Waals surface area contributed by atoms with Gasteiger partial charge in [0.2, 0.25) is 0 Å². The molecule has 0 aromatic heterocycles. The lowest BCUT2D eigenvalue weighted by molar-refractivity contribution is 0.151. The summed E-state index contributed by atoms with van der Waals surface area (Å²) >= 11 is 6.33. The number of nitrogens with two attached hydrogens (primary N) is 1. The van der Waals surface area contributed by atoms with Crippen molar-refractivity contribution in [2.24, 2.45) is 11.1 Å². The van der Waals surface area contributed by atoms with Crippen LogP contribution in [0.2, 0.25) is 5.02 Å². The van der Waals surface area contributed by atoms with E-state index in [0.717, 1.165) is 24.3 Å². The third-order valence-electron chi connectivity index (χ3n) is 4.11. The molecule has 0 radical (unpaired) electrons. The van der Waals surface area contributed by atoms with E-state index >= 15 is 0 Å². The van der Waals surface area contributed by atoms with Crippen molar-refractivity contribution in [3.05, 3.63) is 34.3 Å². The number of hydrogen-bond acceptors (Lipinski definition) is 1. The van der Waals surface area contributed by atoms with Gasteiger partial charge in [-0.1, -0.05) is 44.0 Å². The van der Waals surface area contributed by atoms with E-state index < -0.39 is 0 Å². The van der Waals surface area contributed by atoms with Crippen LogP contribution in [0.5, 0.6) is 0 Å². The van der Waals surface area contributed by atoms with Crippen LogP contribution in [-0.2, 0) is 6.42 Å². The first-order valence-corrected chi connectivity index (χ1v) is 7.21. The topological polar surface area (TPSA) is 26.0 Å². The average molecular weight is 266 g/mol. The summed E-state index contributed by atoms with van der Waals surface area (Å²) in [7, 11) is 0. The molecule has 1 nitrogen and oxygen atoms in total. The van der Waals surface area contributed by atoms with E-state index in [1.807, 2.05) is 6.07 Å². The molecule has 2 N–H and O–H groups in total. The van der Waals surface area contributed by atoms with Crippen LogP contribution in [0.4, 0.5) is 0 Å². The molecule has 1 aliphatic carbocycles. The molecule has 1 aromatic carbocycles. The highest BCUT2D eigenvalue weighted by molar-refractivity contribution is 6.31. The van der Waals surface area contributed by atoms with Gasteiger partial charge in [0.25, 0.3) is 0 Å². The zero-order valence-electron chi connectivity index (χ0n) is 11.7. The lowest BCUT2D eigenvalue weighted by Crippen LogP contribution is -2.48. The highest BCUT2D eigenvalue weighted by atomic mass is 35.5. The summed E-state index contributed by atoms with van der Waals surface area (Å²) in [6.07, 6.45) is 5.61. The van der Waals surface area contributed by atoms with E-state index in [4.69, 9.17) is 17.3 Å². The molecular formula is C16H24ClN. The minimum atomic E-state index is -0.0827. The van der Waals surface area contributed by atoms with E-state index in [9.17, 15) is 0 Å². The molecule has 2 rings (SSSR count). The van der Waals surface area contributed by atoms with Crippen molar-refractivity contribution in [1.29, 1.82) is 0 Å². The number of benzene rings is 1. The molecule has 0 bridgehead atoms. The minimum Gasteiger partial charge on any atom is -0.325 e. The van der Waals surface area contributed by atoms with Crippen molar-refractivity contribution >= 4 is 11.6 Å². The zero-order chi connectivity index (χ0) is 13.4. The second kappa shape index (κ2) is 4.86. The summed E-state index contributed by atoms with van der Waals surface area (Å²) in [5, 5.41) is 0.864. The summed E-state index contributed by atoms with van der Waals surface area (Å²) in [6, 6.07) is 6.29. The fraction of sp³-hybridized carbons (Fsp3) is 0.625. The molecule has 0 aliphatic heterocycles. The first-order valence-electron chi connectivity index (χ1n) is 6.84. The van der Waals surface area contributed by atoms with E-state index in [-0.39, 0.29) is 5.54 Å². The van der Waals surface area contributed by atoms with Crippen LogP contribution in [-0.4, -0.2) is 5.54 Å². The van der Waals surface area contributed by atoms with Crippen molar-refractivity contribution in [2.75, 3.05) is 0 Å². The Bertz CT molecular complexity index is 439. The smallest absolute Gasteiger partial charge is 0.0441 e. The van der Waals surface area contributed by atoms with Crippen molar-refractivity contribution in [2.45, 2.75) is 58.4 Å². The van der Waals surface area contributed by atoms with E-state index in [1.54, 1.807) is 0 Å². The van der Waals surface area contributed by atoms with E-state index in [0.29, 0.717) is 5.41 Å². The first-order chi connectivity index (χ1) is 8.30. The van der Waals surface area contributed by atoms with Crippen LogP contribution in [0.1, 0.15) is 50.7 Å². The lowest BCUT2D eigenvalue weighted by Gasteiger charge is -2.43. The average Bonchev–Trinajstić information content (AvgIpc) is 2.20. The first kappa shape index (κ1) is 13.9. The number of halogens is 1. The largest absolute Gasteiger partial charge is 0.325 e. The molecule has 1 saturated carbocycles. The summed E-state index contributed by atoms with van der Waals surface area (Å²) in [4.78, 5) is 0. The standard InChI is InChI=1S/C16H24ClN/c1-12-5-6-13(14(17)9-12)10-16(18)8-4-7-15(2,3)11-16/h5-6,9H,4,7-8,10-11,18H2,1-3H3. The van der Waals surface area contributed by atoms with Crippen LogP contribution in [0, 0.1) is 12.3 Å². The van der Waals surface area contributed by atoms with Gasteiger partial charge in [0.1, 0.15) is 0 Å². The quantitative estimate of drug-likeness (QED) is 0.838. The molecule has 0 saturated heterocycles. The van der Waals surface area contributed by atoms with E-state index in [2.05, 4.69) is 32.9 Å². The van der Waals surface area contributed by atoms with Gasteiger partial charge in [-0.25, -0.2) is 0 Å². The Kier molecular flexibility index (Phi) is 3.75. The van der Waals surface area contributed by atoms with Gasteiger partial charge in [0, 0.05) is 10.6 Å². The van der Waals surface area contributed by atoms with Crippen molar-refractivity contribution in [3.63, 3.8) is 0 Å². The van der Waals surface area contributed by atoms with Gasteiger partial charge in [-0.05, 0) is 55.2 Å². The van der Waals surface area contributed by atoms with Gasteiger partial charge in [-0.15, -0.1) is 0 Å². The van der Waals surface area contributed by atoms with Crippen LogP contribution < -0.4 is 5.73 Å². The van der Waals surface area contributed by atoms with Crippen LogP contribution >= 0.6 is 11.6 Å². The Morgan fingerprint density at radius 2 is 2.00 bits per heavy atom. The number of hydrogen-bond donors (Lipinski definition) is 1. The molecule has 0 amide bonds. The van der Waals surface area contributed by atoms with Gasteiger partial charge in [-0.2, -0.15) is 0 Å². The second-order valence-electron chi connectivity index (χ2n) is 6.83. The molecule has 0 spiro atoms. The van der Waals surface area contributed by atoms with Gasteiger partial charge in [0.15, 0.2) is 0 Å². The lowest BCUT2D eigenvalue weighted by atomic mass is 9.66. The summed E-state index contributed by atoms with van der Waals surface area (Å²) < 4.78 is 0. The Morgan fingerprint density at radius 3 is 2.61 bits per heavy atom. The molecular weight excluding hydrogens is 242 g/mol. The molecule has 1 atom stereocenters. The van der Waals surface area contributed by atoms with Gasteiger partial charge in [0.05, 0.1) is 0 Å². The zero-order valence-corrected chi connectivity index (χ0v) is 12.5. The Hall–Kier alpha value is -0.530. The molecule has 1 fully saturated rings. The second-order valence-corrected chi connectivity index (χ2v) is 7.24. The highest BCUT2D eigenvalue weighted by Gasteiger charge is 2.37. The van der Waals surface area contributed by atoms with Gasteiger partial charge in [-0.3, -0.25) is 0 Å². The van der Waals surface area contributed by atoms with Crippen molar-refractivity contribution < 1.29 is 0 Å². The number of aryl methyl sites for hydroxylation is 1. The summed E-state index contributed by atoms with van der Waals surface area (Å²) in [6.45, 7) is 6.71. The Balaban J connectivity index is 2.17. The van der Waals surface area contributed by atoms with E-state index in [1.165, 1.54) is 24.0 Å². The summed E-state index contributed by atoms with van der Waals surface area (Å²) in [5.41, 5.74) is 9.30. The fourth-order valence-corrected chi connectivity index (χ4v) is 3.68. The maximum Gasteiger partial charge on any atom is 0.0441 e. The normalized spacial score (nSPS) is 27.2. The predicted molar refractivity (Wildman–Crippen MR) is 79.1 cm³/mol. The Morgan fingerprint density at radius 1 is 1.28 bits per heavy atom. The van der Waals surface area contributed by atoms with Crippen molar-refractivity contribution in [3.8, 4) is 0 Å². The number of rotatable bonds is 2. The van der Waals surface area contributed by atoms with Crippen LogP contribution in [0.25, 0.3) is 0 Å². The molecule has 1 aromatic rings. The van der Waals surface area contributed by atoms with Crippen molar-refractivity contribution in [1.82, 2.24) is 0 Å². The Labute approximate surface area is 116 Å². The molecule has 2 heteroatoms. The molecule has 100 valence electrons. The van der Waals surface area contributed by atoms with Gasteiger partial charge < -0.3 is 5.73 Å². The molecule has 18 heavy (non-hydrogen) atoms. The van der Waals surface area contributed by atoms with Gasteiger partial charge >= 0.3 is 0 Å². The maximum atomic E-state index is 6.62. The summed E-state index contributed by atoms with van der Waals surface area (Å²) in [5.74, 6) is 0. The van der Waals surface area contributed by atoms with Crippen LogP contribution in [0.3, 0.4) is 0 Å². The third kappa shape index (κ3) is 3.27. The third-order valence-corrected chi connectivity index (χ3v) is 4.46. The molecule has 0 heterocycles. The predicted octanol–water partition coefficient (Wildman–Crippen LogP) is 4.49. The SMILES string of the molecule is Cc1ccc(CC2(N)CCCC(C)(C)C2)c(Cl)c1. The fourth-order valence-electron chi connectivity index (χ4n) is 3.37. The molecule has 1 unspecified atom stereocenters.